The Balaban J connectivity index is 1.73. The largest absolute Gasteiger partial charge is 0.339 e. The van der Waals surface area contributed by atoms with Gasteiger partial charge in [-0.25, -0.2) is 0 Å². The zero-order valence-electron chi connectivity index (χ0n) is 11.1. The molecule has 0 aromatic heterocycles. The van der Waals surface area contributed by atoms with E-state index in [0.717, 1.165) is 24.7 Å². The Bertz CT molecular complexity index is 472. The molecule has 0 bridgehead atoms. The van der Waals surface area contributed by atoms with Crippen LogP contribution in [0.5, 0.6) is 0 Å². The Morgan fingerprint density at radius 2 is 2.16 bits per heavy atom. The average molecular weight is 322 g/mol. The highest BCUT2D eigenvalue weighted by molar-refractivity contribution is 9.09. The predicted molar refractivity (Wildman–Crippen MR) is 80.7 cm³/mol. The summed E-state index contributed by atoms with van der Waals surface area (Å²) in [5.41, 5.74) is 2.62. The molecule has 2 aliphatic rings. The maximum atomic E-state index is 12.7. The molecule has 1 heterocycles. The molecule has 3 rings (SSSR count). The van der Waals surface area contributed by atoms with Crippen molar-refractivity contribution in [3.63, 3.8) is 0 Å². The van der Waals surface area contributed by atoms with Crippen molar-refractivity contribution in [2.45, 2.75) is 44.1 Å². The monoisotopic (exact) mass is 321 g/mol. The SMILES string of the molecule is O=C(C1Cc2ccccc21)N1CCCCC1CCBr. The second kappa shape index (κ2) is 5.66. The number of piperidine rings is 1. The fourth-order valence-corrected chi connectivity index (χ4v) is 3.92. The number of carbonyl (C=O) groups is 1. The van der Waals surface area contributed by atoms with E-state index in [1.807, 2.05) is 6.07 Å². The lowest BCUT2D eigenvalue weighted by Crippen LogP contribution is -2.48. The smallest absolute Gasteiger partial charge is 0.230 e. The van der Waals surface area contributed by atoms with Crippen molar-refractivity contribution in [2.75, 3.05) is 11.9 Å². The number of benzene rings is 1. The number of amides is 1. The third-order valence-corrected chi connectivity index (χ3v) is 4.96. The summed E-state index contributed by atoms with van der Waals surface area (Å²) < 4.78 is 0. The van der Waals surface area contributed by atoms with Crippen LogP contribution < -0.4 is 0 Å². The van der Waals surface area contributed by atoms with Crippen molar-refractivity contribution in [1.82, 2.24) is 4.90 Å². The third-order valence-electron chi connectivity index (χ3n) is 4.51. The quantitative estimate of drug-likeness (QED) is 0.780. The number of fused-ring (bicyclic) bond motifs is 1. The zero-order chi connectivity index (χ0) is 13.2. The predicted octanol–water partition coefficient (Wildman–Crippen LogP) is 3.49. The lowest BCUT2D eigenvalue weighted by atomic mass is 9.76. The molecule has 1 aliphatic carbocycles. The van der Waals surface area contributed by atoms with Crippen molar-refractivity contribution < 1.29 is 4.79 Å². The van der Waals surface area contributed by atoms with Crippen molar-refractivity contribution in [3.8, 4) is 0 Å². The van der Waals surface area contributed by atoms with E-state index in [1.165, 1.54) is 30.4 Å². The van der Waals surface area contributed by atoms with Crippen LogP contribution in [0.2, 0.25) is 0 Å². The maximum absolute atomic E-state index is 12.7. The highest BCUT2D eigenvalue weighted by atomic mass is 79.9. The van der Waals surface area contributed by atoms with Crippen LogP contribution in [-0.2, 0) is 11.2 Å². The minimum atomic E-state index is 0.132. The van der Waals surface area contributed by atoms with Crippen molar-refractivity contribution >= 4 is 21.8 Å². The average Bonchev–Trinajstić information content (AvgIpc) is 2.41. The fraction of sp³-hybridized carbons (Fsp3) is 0.562. The molecule has 2 atom stereocenters. The van der Waals surface area contributed by atoms with E-state index >= 15 is 0 Å². The summed E-state index contributed by atoms with van der Waals surface area (Å²) in [6.45, 7) is 0.954. The number of hydrogen-bond acceptors (Lipinski definition) is 1. The van der Waals surface area contributed by atoms with Gasteiger partial charge in [-0.2, -0.15) is 0 Å². The molecule has 1 saturated heterocycles. The molecule has 2 nitrogen and oxygen atoms in total. The first-order chi connectivity index (χ1) is 9.31. The fourth-order valence-electron chi connectivity index (χ4n) is 3.40. The van der Waals surface area contributed by atoms with Crippen LogP contribution in [-0.4, -0.2) is 28.7 Å². The number of hydrogen-bond donors (Lipinski definition) is 0. The zero-order valence-corrected chi connectivity index (χ0v) is 12.7. The molecule has 1 aliphatic heterocycles. The van der Waals surface area contributed by atoms with Gasteiger partial charge in [-0.1, -0.05) is 40.2 Å². The number of rotatable bonds is 3. The van der Waals surface area contributed by atoms with Crippen LogP contribution in [0.25, 0.3) is 0 Å². The van der Waals surface area contributed by atoms with Crippen LogP contribution in [0.4, 0.5) is 0 Å². The first kappa shape index (κ1) is 13.2. The topological polar surface area (TPSA) is 20.3 Å². The number of likely N-dealkylation sites (tertiary alicyclic amines) is 1. The van der Waals surface area contributed by atoms with Gasteiger partial charge in [-0.05, 0) is 43.2 Å². The Morgan fingerprint density at radius 1 is 1.32 bits per heavy atom. The first-order valence-electron chi connectivity index (χ1n) is 7.25. The minimum absolute atomic E-state index is 0.132. The minimum Gasteiger partial charge on any atom is -0.339 e. The van der Waals surface area contributed by atoms with Crippen LogP contribution in [0, 0.1) is 0 Å². The van der Waals surface area contributed by atoms with E-state index < -0.39 is 0 Å². The van der Waals surface area contributed by atoms with Gasteiger partial charge >= 0.3 is 0 Å². The summed E-state index contributed by atoms with van der Waals surface area (Å²) in [6.07, 6.45) is 5.62. The number of halogens is 1. The summed E-state index contributed by atoms with van der Waals surface area (Å²) >= 11 is 3.52. The highest BCUT2D eigenvalue weighted by Crippen LogP contribution is 2.37. The van der Waals surface area contributed by atoms with E-state index in [1.54, 1.807) is 0 Å². The molecule has 1 aromatic rings. The molecule has 3 heteroatoms. The van der Waals surface area contributed by atoms with Crippen LogP contribution >= 0.6 is 15.9 Å². The second-order valence-electron chi connectivity index (χ2n) is 5.61. The Labute approximate surface area is 123 Å². The molecule has 0 spiro atoms. The van der Waals surface area contributed by atoms with Crippen molar-refractivity contribution in [1.29, 1.82) is 0 Å². The van der Waals surface area contributed by atoms with Gasteiger partial charge in [-0.3, -0.25) is 4.79 Å². The van der Waals surface area contributed by atoms with Gasteiger partial charge in [0.05, 0.1) is 5.92 Å². The van der Waals surface area contributed by atoms with E-state index in [0.29, 0.717) is 11.9 Å². The molecule has 0 radical (unpaired) electrons. The molecule has 1 fully saturated rings. The number of nitrogens with zero attached hydrogens (tertiary/aromatic N) is 1. The molecule has 19 heavy (non-hydrogen) atoms. The van der Waals surface area contributed by atoms with Crippen LogP contribution in [0.3, 0.4) is 0 Å². The van der Waals surface area contributed by atoms with Crippen molar-refractivity contribution in [2.24, 2.45) is 0 Å². The Hall–Kier alpha value is -0.830. The van der Waals surface area contributed by atoms with Gasteiger partial charge in [0.15, 0.2) is 0 Å². The normalized spacial score (nSPS) is 25.6. The molecule has 0 saturated carbocycles. The molecule has 102 valence electrons. The second-order valence-corrected chi connectivity index (χ2v) is 6.41. The lowest BCUT2D eigenvalue weighted by Gasteiger charge is -2.40. The van der Waals surface area contributed by atoms with Gasteiger partial charge in [0.25, 0.3) is 0 Å². The van der Waals surface area contributed by atoms with Crippen LogP contribution in [0.1, 0.15) is 42.7 Å². The van der Waals surface area contributed by atoms with E-state index in [4.69, 9.17) is 0 Å². The van der Waals surface area contributed by atoms with Gasteiger partial charge < -0.3 is 4.90 Å². The van der Waals surface area contributed by atoms with Gasteiger partial charge in [0, 0.05) is 17.9 Å². The molecule has 2 unspecified atom stereocenters. The van der Waals surface area contributed by atoms with E-state index in [9.17, 15) is 4.79 Å². The van der Waals surface area contributed by atoms with Crippen LogP contribution in [0.15, 0.2) is 24.3 Å². The van der Waals surface area contributed by atoms with E-state index in [-0.39, 0.29) is 5.92 Å². The Morgan fingerprint density at radius 3 is 2.95 bits per heavy atom. The van der Waals surface area contributed by atoms with E-state index in [2.05, 4.69) is 39.0 Å². The summed E-state index contributed by atoms with van der Waals surface area (Å²) in [6, 6.07) is 8.82. The summed E-state index contributed by atoms with van der Waals surface area (Å²) in [4.78, 5) is 14.9. The summed E-state index contributed by atoms with van der Waals surface area (Å²) in [5, 5.41) is 0.989. The number of carbonyl (C=O) groups excluding carboxylic acids is 1. The van der Waals surface area contributed by atoms with Crippen molar-refractivity contribution in [3.05, 3.63) is 35.4 Å². The standard InChI is InChI=1S/C16H20BrNO/c17-9-8-13-6-3-4-10-18(13)16(19)15-11-12-5-1-2-7-14(12)15/h1-2,5,7,13,15H,3-4,6,8-11H2. The first-order valence-corrected chi connectivity index (χ1v) is 8.37. The molecular formula is C16H20BrNO. The highest BCUT2D eigenvalue weighted by Gasteiger charge is 2.37. The number of alkyl halides is 1. The maximum Gasteiger partial charge on any atom is 0.230 e. The van der Waals surface area contributed by atoms with Gasteiger partial charge in [0.1, 0.15) is 0 Å². The van der Waals surface area contributed by atoms with Gasteiger partial charge in [-0.15, -0.1) is 0 Å². The third kappa shape index (κ3) is 2.45. The molecule has 1 amide bonds. The molecule has 1 aromatic carbocycles. The van der Waals surface area contributed by atoms with Gasteiger partial charge in [0.2, 0.25) is 5.91 Å². The molecule has 0 N–H and O–H groups in total. The summed E-state index contributed by atoms with van der Waals surface area (Å²) in [5.74, 6) is 0.497. The lowest BCUT2D eigenvalue weighted by molar-refractivity contribution is -0.137. The molecular weight excluding hydrogens is 302 g/mol. The summed E-state index contributed by atoms with van der Waals surface area (Å²) in [7, 11) is 0. The Kier molecular flexibility index (Phi) is 3.92.